The first-order valence-corrected chi connectivity index (χ1v) is 5.71. The molecule has 0 atom stereocenters. The van der Waals surface area contributed by atoms with Gasteiger partial charge >= 0.3 is 0 Å². The number of carbonyl (C=O) groups excluding carboxylic acids is 1. The number of anilines is 1. The second-order valence-electron chi connectivity index (χ2n) is 4.27. The molecule has 2 rings (SSSR count). The van der Waals surface area contributed by atoms with Crippen LogP contribution in [0.25, 0.3) is 0 Å². The normalized spacial score (nSPS) is 10.3. The Morgan fingerprint density at radius 2 is 2.22 bits per heavy atom. The summed E-state index contributed by atoms with van der Waals surface area (Å²) in [7, 11) is 0. The van der Waals surface area contributed by atoms with Crippen LogP contribution in [0.3, 0.4) is 0 Å². The summed E-state index contributed by atoms with van der Waals surface area (Å²) in [5.74, 6) is -0.407. The Labute approximate surface area is 105 Å². The monoisotopic (exact) mass is 244 g/mol. The van der Waals surface area contributed by atoms with Crippen LogP contribution >= 0.6 is 0 Å². The summed E-state index contributed by atoms with van der Waals surface area (Å²) in [5.41, 5.74) is 9.91. The molecule has 1 aromatic heterocycles. The van der Waals surface area contributed by atoms with Crippen LogP contribution in [0.2, 0.25) is 0 Å². The van der Waals surface area contributed by atoms with E-state index in [4.69, 9.17) is 5.73 Å². The number of benzene rings is 1. The van der Waals surface area contributed by atoms with Gasteiger partial charge in [-0.05, 0) is 37.6 Å². The molecule has 2 aromatic rings. The zero-order valence-electron chi connectivity index (χ0n) is 10.4. The van der Waals surface area contributed by atoms with E-state index < -0.39 is 5.91 Å². The minimum atomic E-state index is -0.407. The molecule has 0 aliphatic rings. The van der Waals surface area contributed by atoms with Crippen LogP contribution in [0.4, 0.5) is 5.69 Å². The van der Waals surface area contributed by atoms with Gasteiger partial charge in [0.25, 0.3) is 0 Å². The highest BCUT2D eigenvalue weighted by Crippen LogP contribution is 2.17. The van der Waals surface area contributed by atoms with Crippen molar-refractivity contribution in [3.05, 3.63) is 46.8 Å². The molecule has 0 aliphatic carbocycles. The zero-order valence-corrected chi connectivity index (χ0v) is 10.4. The summed E-state index contributed by atoms with van der Waals surface area (Å²) in [5, 5.41) is 10.2. The summed E-state index contributed by atoms with van der Waals surface area (Å²) >= 11 is 0. The molecule has 18 heavy (non-hydrogen) atoms. The molecule has 0 fully saturated rings. The third-order valence-corrected chi connectivity index (χ3v) is 2.91. The van der Waals surface area contributed by atoms with E-state index in [1.54, 1.807) is 18.3 Å². The number of nitrogens with one attached hydrogen (secondary N) is 2. The van der Waals surface area contributed by atoms with E-state index in [9.17, 15) is 4.79 Å². The van der Waals surface area contributed by atoms with Gasteiger partial charge in [-0.2, -0.15) is 5.10 Å². The van der Waals surface area contributed by atoms with E-state index in [1.807, 2.05) is 19.9 Å². The highest BCUT2D eigenvalue weighted by Gasteiger charge is 2.05. The van der Waals surface area contributed by atoms with Crippen LogP contribution in [-0.2, 0) is 6.54 Å². The van der Waals surface area contributed by atoms with Gasteiger partial charge in [-0.3, -0.25) is 9.89 Å². The van der Waals surface area contributed by atoms with Crippen molar-refractivity contribution in [3.8, 4) is 0 Å². The maximum atomic E-state index is 11.0. The average Bonchev–Trinajstić information content (AvgIpc) is 2.73. The molecule has 5 heteroatoms. The Hall–Kier alpha value is -2.30. The number of nitrogens with two attached hydrogens (primary N) is 1. The Bertz CT molecular complexity index is 574. The molecule has 1 amide bonds. The summed E-state index contributed by atoms with van der Waals surface area (Å²) in [6.07, 6.45) is 1.80. The predicted octanol–water partition coefficient (Wildman–Crippen LogP) is 1.74. The number of amides is 1. The van der Waals surface area contributed by atoms with Crippen molar-refractivity contribution in [3.63, 3.8) is 0 Å². The van der Waals surface area contributed by atoms with Crippen molar-refractivity contribution in [2.24, 2.45) is 5.73 Å². The molecule has 0 aliphatic heterocycles. The fraction of sp³-hybridized carbons (Fsp3) is 0.231. The van der Waals surface area contributed by atoms with E-state index in [0.29, 0.717) is 12.1 Å². The average molecular weight is 244 g/mol. The summed E-state index contributed by atoms with van der Waals surface area (Å²) < 4.78 is 0. The van der Waals surface area contributed by atoms with E-state index >= 15 is 0 Å². The predicted molar refractivity (Wildman–Crippen MR) is 70.3 cm³/mol. The van der Waals surface area contributed by atoms with Gasteiger partial charge in [-0.1, -0.05) is 0 Å². The fourth-order valence-electron chi connectivity index (χ4n) is 1.76. The Morgan fingerprint density at radius 3 is 2.78 bits per heavy atom. The third-order valence-electron chi connectivity index (χ3n) is 2.91. The second-order valence-corrected chi connectivity index (χ2v) is 4.27. The van der Waals surface area contributed by atoms with Gasteiger partial charge in [0, 0.05) is 29.1 Å². The Morgan fingerprint density at radius 1 is 1.44 bits per heavy atom. The van der Waals surface area contributed by atoms with Gasteiger partial charge in [0.1, 0.15) is 0 Å². The lowest BCUT2D eigenvalue weighted by molar-refractivity contribution is 0.1000. The lowest BCUT2D eigenvalue weighted by Crippen LogP contribution is -2.11. The SMILES string of the molecule is Cc1cc(C(N)=O)ccc1NCc1cn[nH]c1C. The molecule has 0 radical (unpaired) electrons. The number of nitrogens with zero attached hydrogens (tertiary/aromatic N) is 1. The van der Waals surface area contributed by atoms with Gasteiger partial charge in [0.15, 0.2) is 0 Å². The second kappa shape index (κ2) is 4.91. The number of hydrogen-bond acceptors (Lipinski definition) is 3. The highest BCUT2D eigenvalue weighted by atomic mass is 16.1. The molecular formula is C13H16N4O. The maximum Gasteiger partial charge on any atom is 0.248 e. The van der Waals surface area contributed by atoms with Crippen molar-refractivity contribution in [1.82, 2.24) is 10.2 Å². The quantitative estimate of drug-likeness (QED) is 0.766. The topological polar surface area (TPSA) is 83.8 Å². The molecule has 0 spiro atoms. The molecule has 5 nitrogen and oxygen atoms in total. The first-order valence-electron chi connectivity index (χ1n) is 5.71. The molecule has 0 bridgehead atoms. The van der Waals surface area contributed by atoms with Crippen LogP contribution < -0.4 is 11.1 Å². The molecule has 1 heterocycles. The lowest BCUT2D eigenvalue weighted by Gasteiger charge is -2.10. The minimum Gasteiger partial charge on any atom is -0.381 e. The van der Waals surface area contributed by atoms with Gasteiger partial charge in [0.05, 0.1) is 6.20 Å². The molecule has 0 unspecified atom stereocenters. The summed E-state index contributed by atoms with van der Waals surface area (Å²) in [6.45, 7) is 4.61. The van der Waals surface area contributed by atoms with Gasteiger partial charge in [0.2, 0.25) is 5.91 Å². The van der Waals surface area contributed by atoms with Crippen LogP contribution in [-0.4, -0.2) is 16.1 Å². The number of hydrogen-bond donors (Lipinski definition) is 3. The van der Waals surface area contributed by atoms with E-state index in [2.05, 4.69) is 15.5 Å². The van der Waals surface area contributed by atoms with Crippen molar-refractivity contribution >= 4 is 11.6 Å². The van der Waals surface area contributed by atoms with Crippen molar-refractivity contribution in [1.29, 1.82) is 0 Å². The molecule has 1 aromatic carbocycles. The van der Waals surface area contributed by atoms with E-state index in [-0.39, 0.29) is 0 Å². The smallest absolute Gasteiger partial charge is 0.248 e. The molecule has 4 N–H and O–H groups in total. The number of aromatic nitrogens is 2. The number of carbonyl (C=O) groups is 1. The summed E-state index contributed by atoms with van der Waals surface area (Å²) in [4.78, 5) is 11.0. The number of H-pyrrole nitrogens is 1. The van der Waals surface area contributed by atoms with E-state index in [1.165, 1.54) is 0 Å². The van der Waals surface area contributed by atoms with Crippen LogP contribution in [0.1, 0.15) is 27.2 Å². The largest absolute Gasteiger partial charge is 0.381 e. The van der Waals surface area contributed by atoms with Crippen molar-refractivity contribution < 1.29 is 4.79 Å². The van der Waals surface area contributed by atoms with E-state index in [0.717, 1.165) is 22.5 Å². The number of rotatable bonds is 4. The first-order chi connectivity index (χ1) is 8.58. The van der Waals surface area contributed by atoms with Crippen LogP contribution in [0, 0.1) is 13.8 Å². The Balaban J connectivity index is 2.11. The van der Waals surface area contributed by atoms with Gasteiger partial charge in [-0.25, -0.2) is 0 Å². The minimum absolute atomic E-state index is 0.407. The van der Waals surface area contributed by atoms with Crippen LogP contribution in [0.15, 0.2) is 24.4 Å². The maximum absolute atomic E-state index is 11.0. The lowest BCUT2D eigenvalue weighted by atomic mass is 10.1. The molecule has 0 saturated carbocycles. The number of aromatic amines is 1. The van der Waals surface area contributed by atoms with Crippen molar-refractivity contribution in [2.45, 2.75) is 20.4 Å². The standard InChI is InChI=1S/C13H16N4O/c1-8-5-10(13(14)18)3-4-12(8)15-6-11-7-16-17-9(11)2/h3-5,7,15H,6H2,1-2H3,(H2,14,18)(H,16,17). The molecule has 0 saturated heterocycles. The summed E-state index contributed by atoms with van der Waals surface area (Å²) in [6, 6.07) is 5.37. The van der Waals surface area contributed by atoms with Crippen molar-refractivity contribution in [2.75, 3.05) is 5.32 Å². The highest BCUT2D eigenvalue weighted by molar-refractivity contribution is 5.93. The molecule has 94 valence electrons. The Kier molecular flexibility index (Phi) is 3.32. The first kappa shape index (κ1) is 12.2. The zero-order chi connectivity index (χ0) is 13.1. The van der Waals surface area contributed by atoms with Gasteiger partial charge in [-0.15, -0.1) is 0 Å². The molecular weight excluding hydrogens is 228 g/mol. The fourth-order valence-corrected chi connectivity index (χ4v) is 1.76. The van der Waals surface area contributed by atoms with Crippen LogP contribution in [0.5, 0.6) is 0 Å². The number of aryl methyl sites for hydroxylation is 2. The van der Waals surface area contributed by atoms with Gasteiger partial charge < -0.3 is 11.1 Å². The number of primary amides is 1. The third kappa shape index (κ3) is 2.51.